The highest BCUT2D eigenvalue weighted by atomic mass is 16.5. The van der Waals surface area contributed by atoms with Crippen molar-refractivity contribution >= 4 is 0 Å². The summed E-state index contributed by atoms with van der Waals surface area (Å²) in [6.07, 6.45) is 8.18. The van der Waals surface area contributed by atoms with Crippen LogP contribution in [0.4, 0.5) is 0 Å². The predicted octanol–water partition coefficient (Wildman–Crippen LogP) is 3.28. The van der Waals surface area contributed by atoms with Crippen molar-refractivity contribution in [1.82, 2.24) is 0 Å². The van der Waals surface area contributed by atoms with Crippen molar-refractivity contribution in [3.63, 3.8) is 0 Å². The molecule has 1 nitrogen and oxygen atoms in total. The zero-order valence-electron chi connectivity index (χ0n) is 8.26. The van der Waals surface area contributed by atoms with Crippen LogP contribution in [-0.2, 0) is 4.74 Å². The van der Waals surface area contributed by atoms with Gasteiger partial charge in [0.2, 0.25) is 0 Å². The van der Waals surface area contributed by atoms with E-state index in [0.717, 1.165) is 18.1 Å². The second kappa shape index (κ2) is 4.34. The molecule has 1 aliphatic rings. The Morgan fingerprint density at radius 1 is 1.58 bits per heavy atom. The highest BCUT2D eigenvalue weighted by Gasteiger charge is 2.09. The predicted molar refractivity (Wildman–Crippen MR) is 51.9 cm³/mol. The number of allylic oxidation sites excluding steroid dienone is 3. The zero-order valence-corrected chi connectivity index (χ0v) is 8.26. The van der Waals surface area contributed by atoms with Crippen LogP contribution in [0.15, 0.2) is 23.5 Å². The summed E-state index contributed by atoms with van der Waals surface area (Å²) < 4.78 is 5.27. The molecule has 0 saturated heterocycles. The molecule has 1 heteroatoms. The molecule has 1 rings (SSSR count). The van der Waals surface area contributed by atoms with Crippen LogP contribution >= 0.6 is 0 Å². The SMILES string of the molecule is CCC1C=C(C)C(OC)=CCC1. The van der Waals surface area contributed by atoms with Crippen molar-refractivity contribution in [1.29, 1.82) is 0 Å². The lowest BCUT2D eigenvalue weighted by molar-refractivity contribution is 0.299. The molecule has 0 aliphatic heterocycles. The Morgan fingerprint density at radius 3 is 2.92 bits per heavy atom. The first kappa shape index (κ1) is 9.37. The lowest BCUT2D eigenvalue weighted by Gasteiger charge is -2.07. The number of hydrogen-bond donors (Lipinski definition) is 0. The molecule has 0 radical (unpaired) electrons. The second-order valence-electron chi connectivity index (χ2n) is 3.37. The summed E-state index contributed by atoms with van der Waals surface area (Å²) in [7, 11) is 1.75. The van der Waals surface area contributed by atoms with Crippen LogP contribution in [0.2, 0.25) is 0 Å². The first-order valence-corrected chi connectivity index (χ1v) is 4.70. The van der Waals surface area contributed by atoms with Gasteiger partial charge in [0.25, 0.3) is 0 Å². The first-order valence-electron chi connectivity index (χ1n) is 4.70. The van der Waals surface area contributed by atoms with Gasteiger partial charge in [-0.15, -0.1) is 0 Å². The number of rotatable bonds is 2. The first-order chi connectivity index (χ1) is 5.77. The highest BCUT2D eigenvalue weighted by molar-refractivity contribution is 5.25. The van der Waals surface area contributed by atoms with Crippen molar-refractivity contribution in [2.45, 2.75) is 33.1 Å². The molecule has 0 aromatic rings. The lowest BCUT2D eigenvalue weighted by atomic mass is 10.0. The molecule has 0 N–H and O–H groups in total. The van der Waals surface area contributed by atoms with E-state index < -0.39 is 0 Å². The van der Waals surface area contributed by atoms with Gasteiger partial charge in [-0.3, -0.25) is 0 Å². The fourth-order valence-electron chi connectivity index (χ4n) is 1.67. The molecule has 12 heavy (non-hydrogen) atoms. The van der Waals surface area contributed by atoms with E-state index in [4.69, 9.17) is 4.74 Å². The molecule has 0 saturated carbocycles. The van der Waals surface area contributed by atoms with Gasteiger partial charge in [0.05, 0.1) is 7.11 Å². The average molecular weight is 166 g/mol. The van der Waals surface area contributed by atoms with E-state index >= 15 is 0 Å². The summed E-state index contributed by atoms with van der Waals surface area (Å²) in [5.41, 5.74) is 1.29. The van der Waals surface area contributed by atoms with Crippen molar-refractivity contribution in [3.8, 4) is 0 Å². The third-order valence-electron chi connectivity index (χ3n) is 2.49. The zero-order chi connectivity index (χ0) is 8.97. The molecule has 1 aliphatic carbocycles. The molecular formula is C11H18O. The molecule has 0 aromatic carbocycles. The van der Waals surface area contributed by atoms with Crippen molar-refractivity contribution in [3.05, 3.63) is 23.5 Å². The van der Waals surface area contributed by atoms with Gasteiger partial charge in [0, 0.05) is 0 Å². The minimum absolute atomic E-state index is 0.744. The normalized spacial score (nSPS) is 24.1. The van der Waals surface area contributed by atoms with Gasteiger partial charge in [-0.25, -0.2) is 0 Å². The topological polar surface area (TPSA) is 9.23 Å². The fourth-order valence-corrected chi connectivity index (χ4v) is 1.67. The van der Waals surface area contributed by atoms with E-state index in [1.165, 1.54) is 18.4 Å². The summed E-state index contributed by atoms with van der Waals surface area (Å²) in [5, 5.41) is 0. The van der Waals surface area contributed by atoms with Crippen LogP contribution in [0.5, 0.6) is 0 Å². The van der Waals surface area contributed by atoms with Gasteiger partial charge in [-0.1, -0.05) is 13.0 Å². The Labute approximate surface area is 75.1 Å². The number of methoxy groups -OCH3 is 1. The minimum atomic E-state index is 0.744. The summed E-state index contributed by atoms with van der Waals surface area (Å²) in [6, 6.07) is 0. The van der Waals surface area contributed by atoms with Crippen LogP contribution in [0, 0.1) is 5.92 Å². The lowest BCUT2D eigenvalue weighted by Crippen LogP contribution is -1.93. The quantitative estimate of drug-likeness (QED) is 0.611. The average Bonchev–Trinajstić information content (AvgIpc) is 2.26. The molecule has 68 valence electrons. The Kier molecular flexibility index (Phi) is 3.39. The molecule has 0 aromatic heterocycles. The molecule has 0 fully saturated rings. The van der Waals surface area contributed by atoms with E-state index in [-0.39, 0.29) is 0 Å². The minimum Gasteiger partial charge on any atom is -0.497 e. The molecular weight excluding hydrogens is 148 g/mol. The van der Waals surface area contributed by atoms with Crippen LogP contribution in [0.1, 0.15) is 33.1 Å². The number of ether oxygens (including phenoxy) is 1. The largest absolute Gasteiger partial charge is 0.497 e. The van der Waals surface area contributed by atoms with Gasteiger partial charge in [0.15, 0.2) is 0 Å². The van der Waals surface area contributed by atoms with Gasteiger partial charge < -0.3 is 4.74 Å². The van der Waals surface area contributed by atoms with Crippen molar-refractivity contribution < 1.29 is 4.74 Å². The van der Waals surface area contributed by atoms with Gasteiger partial charge >= 0.3 is 0 Å². The molecule has 1 atom stereocenters. The van der Waals surface area contributed by atoms with Crippen molar-refractivity contribution in [2.24, 2.45) is 5.92 Å². The molecule has 0 spiro atoms. The monoisotopic (exact) mass is 166 g/mol. The van der Waals surface area contributed by atoms with Crippen LogP contribution in [-0.4, -0.2) is 7.11 Å². The van der Waals surface area contributed by atoms with E-state index in [2.05, 4.69) is 26.0 Å². The van der Waals surface area contributed by atoms with Gasteiger partial charge in [0.1, 0.15) is 5.76 Å². The van der Waals surface area contributed by atoms with E-state index in [0.29, 0.717) is 0 Å². The molecule has 0 amide bonds. The Morgan fingerprint density at radius 2 is 2.33 bits per heavy atom. The summed E-state index contributed by atoms with van der Waals surface area (Å²) in [4.78, 5) is 0. The van der Waals surface area contributed by atoms with Crippen LogP contribution in [0.25, 0.3) is 0 Å². The maximum absolute atomic E-state index is 5.27. The standard InChI is InChI=1S/C11H18O/c1-4-10-6-5-7-11(12-3)9(2)8-10/h7-8,10H,4-6H2,1-3H3. The van der Waals surface area contributed by atoms with E-state index in [1.54, 1.807) is 7.11 Å². The second-order valence-corrected chi connectivity index (χ2v) is 3.37. The molecule has 0 heterocycles. The van der Waals surface area contributed by atoms with Crippen LogP contribution in [0.3, 0.4) is 0 Å². The maximum Gasteiger partial charge on any atom is 0.117 e. The van der Waals surface area contributed by atoms with E-state index in [1.807, 2.05) is 0 Å². The molecule has 1 unspecified atom stereocenters. The maximum atomic E-state index is 5.27. The summed E-state index contributed by atoms with van der Waals surface area (Å²) in [6.45, 7) is 4.37. The van der Waals surface area contributed by atoms with E-state index in [9.17, 15) is 0 Å². The van der Waals surface area contributed by atoms with Gasteiger partial charge in [-0.05, 0) is 43.8 Å². The van der Waals surface area contributed by atoms with Gasteiger partial charge in [-0.2, -0.15) is 0 Å². The van der Waals surface area contributed by atoms with Crippen molar-refractivity contribution in [2.75, 3.05) is 7.11 Å². The molecule has 0 bridgehead atoms. The highest BCUT2D eigenvalue weighted by Crippen LogP contribution is 2.23. The Balaban J connectivity index is 2.73. The Bertz CT molecular complexity index is 201. The smallest absolute Gasteiger partial charge is 0.117 e. The summed E-state index contributed by atoms with van der Waals surface area (Å²) in [5.74, 6) is 1.81. The summed E-state index contributed by atoms with van der Waals surface area (Å²) >= 11 is 0. The fraction of sp³-hybridized carbons (Fsp3) is 0.636. The third-order valence-corrected chi connectivity index (χ3v) is 2.49. The van der Waals surface area contributed by atoms with Crippen LogP contribution < -0.4 is 0 Å². The number of hydrogen-bond acceptors (Lipinski definition) is 1. The third kappa shape index (κ3) is 2.13. The Hall–Kier alpha value is -0.720.